The zero-order valence-corrected chi connectivity index (χ0v) is 30.7. The lowest BCUT2D eigenvalue weighted by Crippen LogP contribution is -1.94. The molecule has 258 valence electrons. The maximum absolute atomic E-state index is 5.37. The zero-order chi connectivity index (χ0) is 36.6. The smallest absolute Gasteiger partial charge is 0.160 e. The summed E-state index contributed by atoms with van der Waals surface area (Å²) in [4.78, 5) is 10.6. The highest BCUT2D eigenvalue weighted by Crippen LogP contribution is 2.41. The van der Waals surface area contributed by atoms with Crippen LogP contribution in [0, 0.1) is 0 Å². The second-order valence-corrected chi connectivity index (χ2v) is 14.9. The number of hydrogen-bond acceptors (Lipinski definition) is 3. The number of fused-ring (bicyclic) bond motifs is 3. The van der Waals surface area contributed by atoms with Crippen LogP contribution >= 0.6 is 11.3 Å². The molecule has 3 heteroatoms. The summed E-state index contributed by atoms with van der Waals surface area (Å²) in [6.07, 6.45) is 0. The molecule has 8 aromatic carbocycles. The molecule has 2 heterocycles. The normalized spacial score (nSPS) is 11.3. The van der Waals surface area contributed by atoms with Gasteiger partial charge >= 0.3 is 0 Å². The lowest BCUT2D eigenvalue weighted by atomic mass is 9.96. The van der Waals surface area contributed by atoms with E-state index >= 15 is 0 Å². The summed E-state index contributed by atoms with van der Waals surface area (Å²) in [5.74, 6) is 0.719. The molecule has 2 aromatic heterocycles. The third-order valence-electron chi connectivity index (χ3n) is 10.3. The fourth-order valence-electron chi connectivity index (χ4n) is 7.47. The van der Waals surface area contributed by atoms with E-state index in [4.69, 9.17) is 9.97 Å². The molecule has 0 unspecified atom stereocenters. The van der Waals surface area contributed by atoms with Crippen molar-refractivity contribution in [3.63, 3.8) is 0 Å². The van der Waals surface area contributed by atoms with E-state index in [1.807, 2.05) is 0 Å². The third-order valence-corrected chi connectivity index (χ3v) is 11.5. The molecule has 0 N–H and O–H groups in total. The molecule has 0 saturated carbocycles. The highest BCUT2D eigenvalue weighted by molar-refractivity contribution is 7.26. The minimum Gasteiger partial charge on any atom is -0.226 e. The van der Waals surface area contributed by atoms with E-state index in [9.17, 15) is 0 Å². The van der Waals surface area contributed by atoms with Crippen LogP contribution in [-0.2, 0) is 0 Å². The van der Waals surface area contributed by atoms with E-state index < -0.39 is 0 Å². The Bertz CT molecular complexity index is 2960. The molecule has 10 aromatic rings. The Labute approximate surface area is 324 Å². The van der Waals surface area contributed by atoms with Crippen LogP contribution in [-0.4, -0.2) is 9.97 Å². The molecule has 10 rings (SSSR count). The fourth-order valence-corrected chi connectivity index (χ4v) is 8.63. The molecule has 55 heavy (non-hydrogen) atoms. The molecular weight excluding hydrogens is 685 g/mol. The summed E-state index contributed by atoms with van der Waals surface area (Å²) in [5.41, 5.74) is 15.8. The molecule has 0 saturated heterocycles. The molecule has 0 spiro atoms. The van der Waals surface area contributed by atoms with Gasteiger partial charge in [-0.1, -0.05) is 176 Å². The number of hydrogen-bond donors (Lipinski definition) is 0. The van der Waals surface area contributed by atoms with Crippen molar-refractivity contribution in [2.75, 3.05) is 0 Å². The second-order valence-electron chi connectivity index (χ2n) is 13.8. The lowest BCUT2D eigenvalue weighted by Gasteiger charge is -2.11. The van der Waals surface area contributed by atoms with E-state index in [1.54, 1.807) is 11.3 Å². The second kappa shape index (κ2) is 14.1. The van der Waals surface area contributed by atoms with Crippen LogP contribution in [0.15, 0.2) is 206 Å². The fraction of sp³-hybridized carbons (Fsp3) is 0. The lowest BCUT2D eigenvalue weighted by molar-refractivity contribution is 1.24. The Morgan fingerprint density at radius 2 is 0.673 bits per heavy atom. The summed E-state index contributed by atoms with van der Waals surface area (Å²) < 4.78 is 2.31. The maximum atomic E-state index is 5.37. The largest absolute Gasteiger partial charge is 0.226 e. The van der Waals surface area contributed by atoms with Gasteiger partial charge in [-0.15, -0.1) is 11.3 Å². The Balaban J connectivity index is 1.04. The van der Waals surface area contributed by atoms with Gasteiger partial charge in [0.2, 0.25) is 0 Å². The predicted octanol–water partition coefficient (Wildman–Crippen LogP) is 14.5. The average Bonchev–Trinajstić information content (AvgIpc) is 3.66. The van der Waals surface area contributed by atoms with Crippen LogP contribution in [0.2, 0.25) is 0 Å². The monoisotopic (exact) mass is 718 g/mol. The van der Waals surface area contributed by atoms with Gasteiger partial charge in [-0.05, 0) is 86.0 Å². The quantitative estimate of drug-likeness (QED) is 0.164. The molecule has 0 bridgehead atoms. The van der Waals surface area contributed by atoms with Crippen molar-refractivity contribution in [1.29, 1.82) is 0 Å². The van der Waals surface area contributed by atoms with Crippen molar-refractivity contribution in [2.24, 2.45) is 0 Å². The van der Waals surface area contributed by atoms with Crippen molar-refractivity contribution in [2.45, 2.75) is 0 Å². The molecular formula is C52H34N2S. The van der Waals surface area contributed by atoms with Gasteiger partial charge in [0.05, 0.1) is 15.9 Å². The van der Waals surface area contributed by atoms with Crippen LogP contribution in [0.25, 0.3) is 98.6 Å². The summed E-state index contributed by atoms with van der Waals surface area (Å²) in [6, 6.07) is 73.4. The molecule has 0 amide bonds. The van der Waals surface area contributed by atoms with Crippen molar-refractivity contribution in [3.8, 4) is 78.3 Å². The van der Waals surface area contributed by atoms with Gasteiger partial charge in [0, 0.05) is 21.2 Å². The SMILES string of the molecule is c1ccc(-c2ccc(-c3cccc(-c4cccc(-c5nc(-c6cccc(-c7cccc(-c8ccccc8)c7)c6)c6sc7ccccc7c6n5)c4)c3)cc2)cc1. The van der Waals surface area contributed by atoms with Gasteiger partial charge < -0.3 is 0 Å². The van der Waals surface area contributed by atoms with Crippen LogP contribution < -0.4 is 0 Å². The highest BCUT2D eigenvalue weighted by atomic mass is 32.1. The van der Waals surface area contributed by atoms with E-state index in [0.717, 1.165) is 54.9 Å². The molecule has 0 aliphatic carbocycles. The van der Waals surface area contributed by atoms with Crippen molar-refractivity contribution >= 4 is 31.6 Å². The Morgan fingerprint density at radius 1 is 0.291 bits per heavy atom. The van der Waals surface area contributed by atoms with Crippen LogP contribution in [0.5, 0.6) is 0 Å². The van der Waals surface area contributed by atoms with Crippen LogP contribution in [0.4, 0.5) is 0 Å². The number of benzene rings is 8. The molecule has 2 nitrogen and oxygen atoms in total. The maximum Gasteiger partial charge on any atom is 0.160 e. The minimum absolute atomic E-state index is 0.719. The first-order chi connectivity index (χ1) is 27.2. The summed E-state index contributed by atoms with van der Waals surface area (Å²) >= 11 is 1.76. The predicted molar refractivity (Wildman–Crippen MR) is 233 cm³/mol. The Hall–Kier alpha value is -6.94. The average molecular weight is 719 g/mol. The van der Waals surface area contributed by atoms with Crippen molar-refractivity contribution in [1.82, 2.24) is 9.97 Å². The first kappa shape index (κ1) is 32.7. The van der Waals surface area contributed by atoms with E-state index in [1.165, 1.54) is 43.6 Å². The topological polar surface area (TPSA) is 25.8 Å². The number of aromatic nitrogens is 2. The summed E-state index contributed by atoms with van der Waals surface area (Å²) in [7, 11) is 0. The standard InChI is InChI=1S/C52H34N2S/c1-3-13-35(14-4-1)37-27-29-38(30-28-37)40-18-10-20-42(32-40)44-22-12-24-46(34-44)52-53-49(51-50(54-52)47-25-7-8-26-48(47)55-51)45-23-11-21-43(33-45)41-19-9-17-39(31-41)36-15-5-2-6-16-36/h1-34H. The van der Waals surface area contributed by atoms with Gasteiger partial charge in [0.15, 0.2) is 5.82 Å². The summed E-state index contributed by atoms with van der Waals surface area (Å²) in [5, 5.41) is 1.15. The molecule has 0 aliphatic heterocycles. The minimum atomic E-state index is 0.719. The van der Waals surface area contributed by atoms with Crippen LogP contribution in [0.1, 0.15) is 0 Å². The van der Waals surface area contributed by atoms with E-state index in [-0.39, 0.29) is 0 Å². The number of thiophene rings is 1. The first-order valence-electron chi connectivity index (χ1n) is 18.6. The van der Waals surface area contributed by atoms with E-state index in [2.05, 4.69) is 206 Å². The Morgan fingerprint density at radius 3 is 1.25 bits per heavy atom. The zero-order valence-electron chi connectivity index (χ0n) is 29.9. The van der Waals surface area contributed by atoms with E-state index in [0.29, 0.717) is 0 Å². The summed E-state index contributed by atoms with van der Waals surface area (Å²) in [6.45, 7) is 0. The number of rotatable bonds is 7. The molecule has 0 fully saturated rings. The molecule has 0 aliphatic rings. The van der Waals surface area contributed by atoms with Gasteiger partial charge in [0.25, 0.3) is 0 Å². The van der Waals surface area contributed by atoms with Gasteiger partial charge in [-0.2, -0.15) is 0 Å². The van der Waals surface area contributed by atoms with Crippen LogP contribution in [0.3, 0.4) is 0 Å². The molecule has 0 atom stereocenters. The Kier molecular flexibility index (Phi) is 8.40. The highest BCUT2D eigenvalue weighted by Gasteiger charge is 2.18. The molecule has 0 radical (unpaired) electrons. The van der Waals surface area contributed by atoms with Crippen molar-refractivity contribution < 1.29 is 0 Å². The first-order valence-corrected chi connectivity index (χ1v) is 19.4. The van der Waals surface area contributed by atoms with Gasteiger partial charge in [0.1, 0.15) is 0 Å². The van der Waals surface area contributed by atoms with Gasteiger partial charge in [-0.25, -0.2) is 9.97 Å². The van der Waals surface area contributed by atoms with Crippen molar-refractivity contribution in [3.05, 3.63) is 206 Å². The van der Waals surface area contributed by atoms with Gasteiger partial charge in [-0.3, -0.25) is 0 Å². The third kappa shape index (κ3) is 6.41. The number of nitrogens with zero attached hydrogens (tertiary/aromatic N) is 2.